The number of hydrogen-bond acceptors (Lipinski definition) is 6. The number of aryl methyl sites for hydroxylation is 1. The van der Waals surface area contributed by atoms with Gasteiger partial charge in [-0.2, -0.15) is 0 Å². The molecule has 3 heterocycles. The number of ether oxygens (including phenoxy) is 1. The summed E-state index contributed by atoms with van der Waals surface area (Å²) in [6, 6.07) is 16.2. The fraction of sp³-hybridized carbons (Fsp3) is 0.207. The number of thiazole rings is 1. The van der Waals surface area contributed by atoms with Crippen molar-refractivity contribution < 1.29 is 23.8 Å². The van der Waals surface area contributed by atoms with Gasteiger partial charge in [-0.3, -0.25) is 14.5 Å². The minimum absolute atomic E-state index is 0.00778. The molecular weight excluding hydrogens is 491 g/mol. The van der Waals surface area contributed by atoms with Crippen molar-refractivity contribution in [3.63, 3.8) is 0 Å². The summed E-state index contributed by atoms with van der Waals surface area (Å²) in [5.41, 5.74) is 3.66. The van der Waals surface area contributed by atoms with E-state index in [9.17, 15) is 19.1 Å². The smallest absolute Gasteiger partial charge is 0.301 e. The molecule has 1 amide bonds. The highest BCUT2D eigenvalue weighted by Gasteiger charge is 2.48. The maximum atomic E-state index is 13.8. The molecule has 186 valence electrons. The fourth-order valence-corrected chi connectivity index (χ4v) is 6.01. The predicted molar refractivity (Wildman–Crippen MR) is 140 cm³/mol. The molecule has 2 aliphatic rings. The number of rotatable bonds is 4. The van der Waals surface area contributed by atoms with Crippen molar-refractivity contribution >= 4 is 44.1 Å². The number of nitrogens with zero attached hydrogens (tertiary/aromatic N) is 2. The van der Waals surface area contributed by atoms with Crippen molar-refractivity contribution in [2.24, 2.45) is 0 Å². The fourth-order valence-electron chi connectivity index (χ4n) is 5.00. The van der Waals surface area contributed by atoms with E-state index in [4.69, 9.17) is 4.74 Å². The predicted octanol–water partition coefficient (Wildman–Crippen LogP) is 5.95. The van der Waals surface area contributed by atoms with Gasteiger partial charge in [-0.05, 0) is 66.4 Å². The zero-order valence-electron chi connectivity index (χ0n) is 20.2. The average Bonchev–Trinajstić information content (AvgIpc) is 3.55. The van der Waals surface area contributed by atoms with Crippen LogP contribution in [0.15, 0.2) is 66.2 Å². The number of aliphatic hydroxyl groups excluding tert-OH is 1. The molecule has 0 spiro atoms. The van der Waals surface area contributed by atoms with E-state index in [0.29, 0.717) is 27.8 Å². The van der Waals surface area contributed by atoms with Crippen LogP contribution in [0.1, 0.15) is 42.1 Å². The Morgan fingerprint density at radius 3 is 2.68 bits per heavy atom. The van der Waals surface area contributed by atoms with Gasteiger partial charge >= 0.3 is 5.91 Å². The molecule has 0 aliphatic carbocycles. The summed E-state index contributed by atoms with van der Waals surface area (Å²) in [5, 5.41) is 11.7. The number of amides is 1. The van der Waals surface area contributed by atoms with E-state index < -0.39 is 23.5 Å². The summed E-state index contributed by atoms with van der Waals surface area (Å²) in [7, 11) is 0. The van der Waals surface area contributed by atoms with E-state index in [1.165, 1.54) is 17.0 Å². The van der Waals surface area contributed by atoms with Gasteiger partial charge in [-0.25, -0.2) is 9.37 Å². The van der Waals surface area contributed by atoms with Crippen LogP contribution in [0.25, 0.3) is 16.0 Å². The highest BCUT2D eigenvalue weighted by molar-refractivity contribution is 7.22. The Hall–Kier alpha value is -4.04. The third kappa shape index (κ3) is 3.88. The molecule has 0 unspecified atom stereocenters. The molecule has 8 heteroatoms. The first-order valence-corrected chi connectivity index (χ1v) is 12.9. The van der Waals surface area contributed by atoms with E-state index in [1.807, 2.05) is 38.1 Å². The third-order valence-electron chi connectivity index (χ3n) is 6.86. The van der Waals surface area contributed by atoms with Crippen LogP contribution in [0.3, 0.4) is 0 Å². The van der Waals surface area contributed by atoms with Crippen LogP contribution in [-0.4, -0.2) is 27.9 Å². The number of aliphatic hydroxyl groups is 1. The second-order valence-corrected chi connectivity index (χ2v) is 10.3. The van der Waals surface area contributed by atoms with Crippen LogP contribution >= 0.6 is 11.3 Å². The van der Waals surface area contributed by atoms with Gasteiger partial charge in [0, 0.05) is 12.0 Å². The van der Waals surface area contributed by atoms with E-state index in [2.05, 4.69) is 4.98 Å². The number of ketones is 1. The highest BCUT2D eigenvalue weighted by Crippen LogP contribution is 2.45. The van der Waals surface area contributed by atoms with Crippen LogP contribution in [0.2, 0.25) is 0 Å². The first-order chi connectivity index (χ1) is 17.8. The number of hydrogen-bond donors (Lipinski definition) is 1. The summed E-state index contributed by atoms with van der Waals surface area (Å²) in [4.78, 5) is 32.7. The van der Waals surface area contributed by atoms with Crippen molar-refractivity contribution in [3.8, 4) is 5.75 Å². The monoisotopic (exact) mass is 514 g/mol. The van der Waals surface area contributed by atoms with Crippen LogP contribution in [-0.2, 0) is 22.4 Å². The lowest BCUT2D eigenvalue weighted by molar-refractivity contribution is -0.132. The maximum Gasteiger partial charge on any atom is 0.301 e. The van der Waals surface area contributed by atoms with Crippen molar-refractivity contribution in [1.29, 1.82) is 0 Å². The van der Waals surface area contributed by atoms with Crippen molar-refractivity contribution in [2.75, 3.05) is 4.90 Å². The van der Waals surface area contributed by atoms with Gasteiger partial charge in [0.25, 0.3) is 5.78 Å². The van der Waals surface area contributed by atoms with Gasteiger partial charge in [-0.1, -0.05) is 42.5 Å². The zero-order chi connectivity index (χ0) is 25.8. The first-order valence-electron chi connectivity index (χ1n) is 12.1. The van der Waals surface area contributed by atoms with E-state index in [1.54, 1.807) is 24.3 Å². The molecule has 6 rings (SSSR count). The second-order valence-electron chi connectivity index (χ2n) is 9.33. The normalized spacial score (nSPS) is 20.5. The van der Waals surface area contributed by atoms with Crippen molar-refractivity contribution in [3.05, 3.63) is 94.3 Å². The molecule has 37 heavy (non-hydrogen) atoms. The third-order valence-corrected chi connectivity index (χ3v) is 7.88. The summed E-state index contributed by atoms with van der Waals surface area (Å²) in [5.74, 6) is -1.49. The number of halogens is 1. The van der Waals surface area contributed by atoms with E-state index in [0.717, 1.165) is 34.6 Å². The molecule has 2 aliphatic heterocycles. The topological polar surface area (TPSA) is 79.7 Å². The Bertz CT molecular complexity index is 1610. The van der Waals surface area contributed by atoms with Crippen molar-refractivity contribution in [1.82, 2.24) is 4.98 Å². The lowest BCUT2D eigenvalue weighted by Crippen LogP contribution is -2.29. The largest absolute Gasteiger partial charge is 0.507 e. The molecule has 6 nitrogen and oxygen atoms in total. The van der Waals surface area contributed by atoms with Gasteiger partial charge in [0.15, 0.2) is 5.13 Å². The first kappa shape index (κ1) is 23.4. The second kappa shape index (κ2) is 8.81. The van der Waals surface area contributed by atoms with Crippen LogP contribution in [0.4, 0.5) is 9.52 Å². The molecule has 4 aromatic rings. The lowest BCUT2D eigenvalue weighted by atomic mass is 9.94. The number of carbonyl (C=O) groups is 2. The SMILES string of the molecule is CCc1ccc([C@H]2/C(=C(\O)c3ccc4c(c3)C[C@H](C)O4)C(=O)C(=O)N2c2nc3ccc(F)cc3s2)cc1. The number of anilines is 1. The molecule has 1 aromatic heterocycles. The average molecular weight is 515 g/mol. The van der Waals surface area contributed by atoms with Gasteiger partial charge in [-0.15, -0.1) is 0 Å². The summed E-state index contributed by atoms with van der Waals surface area (Å²) in [6.45, 7) is 4.01. The van der Waals surface area contributed by atoms with Crippen molar-refractivity contribution in [2.45, 2.75) is 38.8 Å². The Morgan fingerprint density at radius 2 is 1.92 bits per heavy atom. The molecule has 2 atom stereocenters. The van der Waals surface area contributed by atoms with Crippen LogP contribution < -0.4 is 9.64 Å². The Kier molecular flexibility index (Phi) is 5.56. The van der Waals surface area contributed by atoms with Gasteiger partial charge in [0.1, 0.15) is 23.4 Å². The molecule has 1 fully saturated rings. The molecule has 1 N–H and O–H groups in total. The van der Waals surface area contributed by atoms with Gasteiger partial charge in [0.2, 0.25) is 0 Å². The number of fused-ring (bicyclic) bond motifs is 2. The minimum Gasteiger partial charge on any atom is -0.507 e. The lowest BCUT2D eigenvalue weighted by Gasteiger charge is -2.23. The molecule has 0 saturated carbocycles. The Balaban J connectivity index is 1.53. The molecule has 1 saturated heterocycles. The Morgan fingerprint density at radius 1 is 1.14 bits per heavy atom. The molecule has 0 radical (unpaired) electrons. The number of aromatic nitrogens is 1. The maximum absolute atomic E-state index is 13.8. The van der Waals surface area contributed by atoms with E-state index >= 15 is 0 Å². The summed E-state index contributed by atoms with van der Waals surface area (Å²) in [6.07, 6.45) is 1.55. The molecular formula is C29H23FN2O4S. The molecule has 3 aromatic carbocycles. The zero-order valence-corrected chi connectivity index (χ0v) is 21.0. The summed E-state index contributed by atoms with van der Waals surface area (Å²) >= 11 is 1.13. The van der Waals surface area contributed by atoms with E-state index in [-0.39, 0.29) is 22.6 Å². The number of benzene rings is 3. The van der Waals surface area contributed by atoms with Gasteiger partial charge < -0.3 is 9.84 Å². The minimum atomic E-state index is -0.889. The quantitative estimate of drug-likeness (QED) is 0.207. The van der Waals surface area contributed by atoms with Crippen LogP contribution in [0.5, 0.6) is 5.75 Å². The number of carbonyl (C=O) groups excluding carboxylic acids is 2. The highest BCUT2D eigenvalue weighted by atomic mass is 32.1. The summed E-state index contributed by atoms with van der Waals surface area (Å²) < 4.78 is 20.2. The Labute approximate surface area is 216 Å². The van der Waals surface area contributed by atoms with Crippen LogP contribution in [0, 0.1) is 5.82 Å². The van der Waals surface area contributed by atoms with Gasteiger partial charge in [0.05, 0.1) is 21.8 Å². The number of Topliss-reactive ketones (excluding diaryl/α,β-unsaturated/α-hetero) is 1. The molecule has 0 bridgehead atoms. The standard InChI is InChI=1S/C29H23FN2O4S/c1-3-16-4-6-17(7-5-16)25-24(26(33)18-8-11-22-19(13-18)12-15(2)36-22)27(34)28(35)32(25)29-31-21-10-9-20(30)14-23(21)37-29/h4-11,13-15,25,33H,3,12H2,1-2H3/b26-24+/t15-,25-/m0/s1.